The summed E-state index contributed by atoms with van der Waals surface area (Å²) >= 11 is 5.81. The van der Waals surface area contributed by atoms with E-state index in [1.54, 1.807) is 0 Å². The molecule has 0 amide bonds. The average molecular weight is 258 g/mol. The van der Waals surface area contributed by atoms with E-state index < -0.39 is 17.6 Å². The zero-order valence-electron chi connectivity index (χ0n) is 8.63. The highest BCUT2D eigenvalue weighted by molar-refractivity contribution is 6.35. The van der Waals surface area contributed by atoms with Gasteiger partial charge in [0, 0.05) is 12.1 Å². The molecule has 88 valence electrons. The molecule has 3 nitrogen and oxygen atoms in total. The number of rotatable bonds is 1. The maximum Gasteiger partial charge on any atom is 0.356 e. The Labute approximate surface area is 100.0 Å². The minimum atomic E-state index is -0.825. The van der Waals surface area contributed by atoms with Crippen LogP contribution in [0.3, 0.4) is 0 Å². The highest BCUT2D eigenvalue weighted by Gasteiger charge is 2.15. The number of hydrogen-bond acceptors (Lipinski definition) is 3. The fraction of sp³-hybridized carbons (Fsp3) is 0.0909. The van der Waals surface area contributed by atoms with Gasteiger partial charge in [-0.25, -0.2) is 18.6 Å². The second-order valence-corrected chi connectivity index (χ2v) is 3.67. The van der Waals surface area contributed by atoms with Gasteiger partial charge in [0.15, 0.2) is 5.69 Å². The largest absolute Gasteiger partial charge is 0.464 e. The van der Waals surface area contributed by atoms with Crippen molar-refractivity contribution in [2.24, 2.45) is 0 Å². The van der Waals surface area contributed by atoms with E-state index in [0.717, 1.165) is 6.07 Å². The van der Waals surface area contributed by atoms with E-state index in [1.807, 2.05) is 0 Å². The molecule has 0 atom stereocenters. The summed E-state index contributed by atoms with van der Waals surface area (Å²) in [6.07, 6.45) is 0. The lowest BCUT2D eigenvalue weighted by Crippen LogP contribution is -2.05. The van der Waals surface area contributed by atoms with Crippen LogP contribution >= 0.6 is 11.6 Å². The minimum Gasteiger partial charge on any atom is -0.464 e. The summed E-state index contributed by atoms with van der Waals surface area (Å²) in [5.74, 6) is -2.34. The van der Waals surface area contributed by atoms with Crippen LogP contribution in [0.2, 0.25) is 5.02 Å². The number of benzene rings is 1. The number of carbonyl (C=O) groups is 1. The molecule has 0 aliphatic carbocycles. The van der Waals surface area contributed by atoms with Gasteiger partial charge in [-0.1, -0.05) is 11.6 Å². The molecule has 0 aliphatic rings. The topological polar surface area (TPSA) is 39.2 Å². The third kappa shape index (κ3) is 2.06. The molecular formula is C11H6ClF2NO2. The standard InChI is InChI=1S/C11H6ClF2NO2/c1-17-11(16)9-4-6(12)10-7(14)2-5(13)3-8(10)15-9/h2-4H,1H3. The summed E-state index contributed by atoms with van der Waals surface area (Å²) in [5.41, 5.74) is -0.134. The Balaban J connectivity index is 2.77. The average Bonchev–Trinajstić information content (AvgIpc) is 2.26. The van der Waals surface area contributed by atoms with Gasteiger partial charge in [0.2, 0.25) is 0 Å². The molecule has 17 heavy (non-hydrogen) atoms. The Kier molecular flexibility index (Phi) is 2.93. The normalized spacial score (nSPS) is 10.6. The van der Waals surface area contributed by atoms with E-state index in [1.165, 1.54) is 13.2 Å². The number of nitrogens with zero attached hydrogens (tertiary/aromatic N) is 1. The maximum atomic E-state index is 13.4. The number of hydrogen-bond donors (Lipinski definition) is 0. The summed E-state index contributed by atoms with van der Waals surface area (Å²) in [5, 5.41) is -0.0476. The highest BCUT2D eigenvalue weighted by Crippen LogP contribution is 2.26. The van der Waals surface area contributed by atoms with Crippen molar-refractivity contribution in [1.82, 2.24) is 4.98 Å². The van der Waals surface area contributed by atoms with Crippen LogP contribution in [0, 0.1) is 11.6 Å². The van der Waals surface area contributed by atoms with Gasteiger partial charge < -0.3 is 4.74 Å². The van der Waals surface area contributed by atoms with Crippen molar-refractivity contribution < 1.29 is 18.3 Å². The molecule has 0 fully saturated rings. The van der Waals surface area contributed by atoms with Gasteiger partial charge >= 0.3 is 5.97 Å². The number of pyridine rings is 1. The zero-order valence-corrected chi connectivity index (χ0v) is 9.39. The number of ether oxygens (including phenoxy) is 1. The first-order chi connectivity index (χ1) is 8.02. The summed E-state index contributed by atoms with van der Waals surface area (Å²) in [6.45, 7) is 0. The van der Waals surface area contributed by atoms with Crippen molar-refractivity contribution in [3.63, 3.8) is 0 Å². The first kappa shape index (κ1) is 11.7. The van der Waals surface area contributed by atoms with Crippen LogP contribution in [0.25, 0.3) is 10.9 Å². The number of carbonyl (C=O) groups excluding carboxylic acids is 1. The van der Waals surface area contributed by atoms with Gasteiger partial charge in [-0.3, -0.25) is 0 Å². The Morgan fingerprint density at radius 2 is 2.06 bits per heavy atom. The lowest BCUT2D eigenvalue weighted by molar-refractivity contribution is 0.0594. The predicted molar refractivity (Wildman–Crippen MR) is 58.0 cm³/mol. The fourth-order valence-electron chi connectivity index (χ4n) is 1.45. The van der Waals surface area contributed by atoms with Crippen molar-refractivity contribution in [1.29, 1.82) is 0 Å². The SMILES string of the molecule is COC(=O)c1cc(Cl)c2c(F)cc(F)cc2n1. The first-order valence-electron chi connectivity index (χ1n) is 4.56. The zero-order chi connectivity index (χ0) is 12.6. The predicted octanol–water partition coefficient (Wildman–Crippen LogP) is 2.95. The summed E-state index contributed by atoms with van der Waals surface area (Å²) < 4.78 is 30.9. The monoisotopic (exact) mass is 257 g/mol. The van der Waals surface area contributed by atoms with Gasteiger partial charge in [-0.2, -0.15) is 0 Å². The van der Waals surface area contributed by atoms with Gasteiger partial charge in [0.1, 0.15) is 11.6 Å². The fourth-order valence-corrected chi connectivity index (χ4v) is 1.74. The van der Waals surface area contributed by atoms with E-state index >= 15 is 0 Å². The summed E-state index contributed by atoms with van der Waals surface area (Å²) in [7, 11) is 1.17. The third-order valence-corrected chi connectivity index (χ3v) is 2.47. The number of fused-ring (bicyclic) bond motifs is 1. The van der Waals surface area contributed by atoms with Crippen LogP contribution in [0.5, 0.6) is 0 Å². The van der Waals surface area contributed by atoms with Crippen LogP contribution in [-0.2, 0) is 4.74 Å². The molecule has 0 N–H and O–H groups in total. The molecule has 0 spiro atoms. The highest BCUT2D eigenvalue weighted by atomic mass is 35.5. The molecule has 0 aliphatic heterocycles. The number of aromatic nitrogens is 1. The molecule has 0 saturated heterocycles. The quantitative estimate of drug-likeness (QED) is 0.738. The van der Waals surface area contributed by atoms with Crippen LogP contribution in [0.4, 0.5) is 8.78 Å². The smallest absolute Gasteiger partial charge is 0.356 e. The second kappa shape index (κ2) is 4.25. The molecule has 2 aromatic rings. The van der Waals surface area contributed by atoms with Crippen molar-refractivity contribution in [3.05, 3.63) is 40.6 Å². The molecule has 1 aromatic heterocycles. The Morgan fingerprint density at radius 3 is 2.71 bits per heavy atom. The van der Waals surface area contributed by atoms with Crippen molar-refractivity contribution >= 4 is 28.5 Å². The van der Waals surface area contributed by atoms with Crippen molar-refractivity contribution in [2.75, 3.05) is 7.11 Å². The maximum absolute atomic E-state index is 13.4. The minimum absolute atomic E-state index is 0.0205. The number of halogens is 3. The lowest BCUT2D eigenvalue weighted by atomic mass is 10.2. The van der Waals surface area contributed by atoms with Crippen LogP contribution in [-0.4, -0.2) is 18.1 Å². The van der Waals surface area contributed by atoms with Gasteiger partial charge in [0.25, 0.3) is 0 Å². The van der Waals surface area contributed by atoms with E-state index in [-0.39, 0.29) is 21.6 Å². The lowest BCUT2D eigenvalue weighted by Gasteiger charge is -2.05. The molecule has 0 radical (unpaired) electrons. The molecule has 6 heteroatoms. The van der Waals surface area contributed by atoms with Gasteiger partial charge in [-0.05, 0) is 6.07 Å². The van der Waals surface area contributed by atoms with Crippen molar-refractivity contribution in [3.8, 4) is 0 Å². The number of esters is 1. The molecule has 0 saturated carbocycles. The molecule has 0 unspecified atom stereocenters. The number of methoxy groups -OCH3 is 1. The molecule has 1 heterocycles. The van der Waals surface area contributed by atoms with Crippen molar-refractivity contribution in [2.45, 2.75) is 0 Å². The molecule has 0 bridgehead atoms. The second-order valence-electron chi connectivity index (χ2n) is 3.26. The summed E-state index contributed by atoms with van der Waals surface area (Å²) in [4.78, 5) is 15.0. The molecule has 1 aromatic carbocycles. The summed E-state index contributed by atoms with van der Waals surface area (Å²) in [6, 6.07) is 2.88. The Hall–Kier alpha value is -1.75. The van der Waals surface area contributed by atoms with Crippen LogP contribution < -0.4 is 0 Å². The van der Waals surface area contributed by atoms with E-state index in [2.05, 4.69) is 9.72 Å². The van der Waals surface area contributed by atoms with Gasteiger partial charge in [-0.15, -0.1) is 0 Å². The third-order valence-electron chi connectivity index (χ3n) is 2.17. The van der Waals surface area contributed by atoms with Crippen LogP contribution in [0.1, 0.15) is 10.5 Å². The molecular weight excluding hydrogens is 252 g/mol. The van der Waals surface area contributed by atoms with E-state index in [0.29, 0.717) is 6.07 Å². The van der Waals surface area contributed by atoms with Gasteiger partial charge in [0.05, 0.1) is 23.0 Å². The Bertz CT molecular complexity index is 616. The van der Waals surface area contributed by atoms with E-state index in [4.69, 9.17) is 11.6 Å². The molecule has 2 rings (SSSR count). The first-order valence-corrected chi connectivity index (χ1v) is 4.94. The Morgan fingerprint density at radius 1 is 1.35 bits per heavy atom. The van der Waals surface area contributed by atoms with E-state index in [9.17, 15) is 13.6 Å². The van der Waals surface area contributed by atoms with Crippen LogP contribution in [0.15, 0.2) is 18.2 Å².